The average Bonchev–Trinajstić information content (AvgIpc) is 3.28. The Morgan fingerprint density at radius 3 is 2.85 bits per heavy atom. The molecule has 4 rings (SSSR count). The minimum Gasteiger partial charge on any atom is -0.353 e. The van der Waals surface area contributed by atoms with E-state index >= 15 is 0 Å². The van der Waals surface area contributed by atoms with E-state index in [1.165, 1.54) is 5.57 Å². The van der Waals surface area contributed by atoms with Gasteiger partial charge in [0.05, 0.1) is 5.69 Å². The highest BCUT2D eigenvalue weighted by Crippen LogP contribution is 2.31. The van der Waals surface area contributed by atoms with Crippen molar-refractivity contribution < 1.29 is 4.79 Å². The van der Waals surface area contributed by atoms with E-state index in [1.54, 1.807) is 0 Å². The molecule has 27 heavy (non-hydrogen) atoms. The number of nitrogens with one attached hydrogen (secondary N) is 1. The average molecular weight is 363 g/mol. The van der Waals surface area contributed by atoms with Gasteiger partial charge in [-0.15, -0.1) is 5.10 Å². The third-order valence-electron chi connectivity index (χ3n) is 5.34. The van der Waals surface area contributed by atoms with E-state index in [0.29, 0.717) is 11.6 Å². The topological polar surface area (TPSA) is 70.5 Å². The van der Waals surface area contributed by atoms with E-state index in [4.69, 9.17) is 0 Å². The van der Waals surface area contributed by atoms with Gasteiger partial charge in [0.25, 0.3) is 5.91 Å². The number of hydrogen-bond acceptors (Lipinski definition) is 5. The molecule has 1 unspecified atom stereocenters. The Labute approximate surface area is 159 Å². The summed E-state index contributed by atoms with van der Waals surface area (Å²) in [7, 11) is 0. The van der Waals surface area contributed by atoms with Gasteiger partial charge < -0.3 is 10.2 Å². The van der Waals surface area contributed by atoms with Crippen molar-refractivity contribution in [3.8, 4) is 0 Å². The molecular weight excluding hydrogens is 338 g/mol. The molecule has 2 atom stereocenters. The van der Waals surface area contributed by atoms with Crippen molar-refractivity contribution in [2.45, 2.75) is 33.2 Å². The smallest absolute Gasteiger partial charge is 0.270 e. The Hall–Kier alpha value is -2.76. The fourth-order valence-electron chi connectivity index (χ4n) is 3.71. The SMILES string of the molecule is Cc1ccc(N2CC[C@@H](NC(=O)C3=C4C=CC(C(C)C)=CC4C=N3)C2)nn1. The number of anilines is 1. The molecule has 1 fully saturated rings. The largest absolute Gasteiger partial charge is 0.353 e. The van der Waals surface area contributed by atoms with Gasteiger partial charge in [-0.1, -0.05) is 32.1 Å². The van der Waals surface area contributed by atoms with Crippen LogP contribution in [0.1, 0.15) is 26.0 Å². The van der Waals surface area contributed by atoms with Gasteiger partial charge in [0.15, 0.2) is 5.82 Å². The summed E-state index contributed by atoms with van der Waals surface area (Å²) in [5.74, 6) is 1.37. The quantitative estimate of drug-likeness (QED) is 0.893. The first-order chi connectivity index (χ1) is 13.0. The predicted octanol–water partition coefficient (Wildman–Crippen LogP) is 2.59. The van der Waals surface area contributed by atoms with Crippen LogP contribution in [0.15, 0.2) is 52.2 Å². The standard InChI is InChI=1S/C21H25N5O/c1-13(2)15-5-6-18-16(10-15)11-22-20(18)21(27)23-17-8-9-26(12-17)19-7-4-14(3)24-25-19/h4-7,10-11,13,16-17H,8-9,12H2,1-3H3,(H,23,27)/t16?,17-/m1/s1. The molecule has 6 heteroatoms. The van der Waals surface area contributed by atoms with Crippen LogP contribution in [0.5, 0.6) is 0 Å². The molecule has 3 heterocycles. The van der Waals surface area contributed by atoms with Crippen LogP contribution in [-0.4, -0.2) is 41.5 Å². The summed E-state index contributed by atoms with van der Waals surface area (Å²) in [6.07, 6.45) is 9.12. The number of nitrogens with zero attached hydrogens (tertiary/aromatic N) is 4. The summed E-state index contributed by atoms with van der Waals surface area (Å²) in [5, 5.41) is 11.5. The number of carbonyl (C=O) groups is 1. The summed E-state index contributed by atoms with van der Waals surface area (Å²) < 4.78 is 0. The van der Waals surface area contributed by atoms with E-state index in [-0.39, 0.29) is 17.9 Å². The lowest BCUT2D eigenvalue weighted by molar-refractivity contribution is -0.118. The number of fused-ring (bicyclic) bond motifs is 1. The molecular formula is C21H25N5O. The van der Waals surface area contributed by atoms with Gasteiger partial charge in [-0.25, -0.2) is 0 Å². The van der Waals surface area contributed by atoms with Crippen LogP contribution in [0.2, 0.25) is 0 Å². The normalized spacial score (nSPS) is 23.9. The minimum absolute atomic E-state index is 0.0864. The van der Waals surface area contributed by atoms with Gasteiger partial charge in [-0.2, -0.15) is 5.10 Å². The zero-order valence-electron chi connectivity index (χ0n) is 16.0. The lowest BCUT2D eigenvalue weighted by Gasteiger charge is -2.18. The Morgan fingerprint density at radius 1 is 1.26 bits per heavy atom. The first-order valence-electron chi connectivity index (χ1n) is 9.55. The Kier molecular flexibility index (Phi) is 4.64. The summed E-state index contributed by atoms with van der Waals surface area (Å²) >= 11 is 0. The summed E-state index contributed by atoms with van der Waals surface area (Å²) in [4.78, 5) is 19.4. The number of amides is 1. The summed E-state index contributed by atoms with van der Waals surface area (Å²) in [6.45, 7) is 7.88. The second-order valence-corrected chi connectivity index (χ2v) is 7.70. The van der Waals surface area contributed by atoms with E-state index in [1.807, 2.05) is 31.3 Å². The zero-order chi connectivity index (χ0) is 19.0. The molecule has 1 N–H and O–H groups in total. The zero-order valence-corrected chi connectivity index (χ0v) is 16.0. The lowest BCUT2D eigenvalue weighted by Crippen LogP contribution is -2.38. The molecule has 140 valence electrons. The second-order valence-electron chi connectivity index (χ2n) is 7.70. The van der Waals surface area contributed by atoms with Crippen molar-refractivity contribution >= 4 is 17.9 Å². The van der Waals surface area contributed by atoms with Gasteiger partial charge in [0.2, 0.25) is 0 Å². The molecule has 6 nitrogen and oxygen atoms in total. The lowest BCUT2D eigenvalue weighted by atomic mass is 9.88. The number of aliphatic imine (C=N–C) groups is 1. The fourth-order valence-corrected chi connectivity index (χ4v) is 3.71. The number of carbonyl (C=O) groups excluding carboxylic acids is 1. The molecule has 0 saturated carbocycles. The molecule has 3 aliphatic rings. The van der Waals surface area contributed by atoms with Crippen LogP contribution in [0, 0.1) is 18.8 Å². The van der Waals surface area contributed by atoms with Gasteiger partial charge >= 0.3 is 0 Å². The molecule has 1 saturated heterocycles. The summed E-state index contributed by atoms with van der Waals surface area (Å²) in [6, 6.07) is 4.04. The Morgan fingerprint density at radius 2 is 2.11 bits per heavy atom. The van der Waals surface area contributed by atoms with Gasteiger partial charge in [0.1, 0.15) is 5.70 Å². The maximum atomic E-state index is 12.8. The molecule has 2 aliphatic heterocycles. The Balaban J connectivity index is 1.41. The van der Waals surface area contributed by atoms with Crippen LogP contribution in [-0.2, 0) is 4.79 Å². The molecule has 1 aromatic heterocycles. The van der Waals surface area contributed by atoms with Crippen molar-refractivity contribution in [3.05, 3.63) is 52.9 Å². The van der Waals surface area contributed by atoms with E-state index in [0.717, 1.165) is 36.6 Å². The molecule has 0 aromatic carbocycles. The van der Waals surface area contributed by atoms with Gasteiger partial charge in [0, 0.05) is 31.3 Å². The molecule has 1 aliphatic carbocycles. The number of aromatic nitrogens is 2. The highest BCUT2D eigenvalue weighted by Gasteiger charge is 2.30. The second kappa shape index (κ2) is 7.10. The van der Waals surface area contributed by atoms with Crippen LogP contribution in [0.25, 0.3) is 0 Å². The maximum absolute atomic E-state index is 12.8. The maximum Gasteiger partial charge on any atom is 0.270 e. The van der Waals surface area contributed by atoms with Gasteiger partial charge in [-0.05, 0) is 42.5 Å². The number of hydrogen-bond donors (Lipinski definition) is 1. The number of allylic oxidation sites excluding steroid dienone is 5. The van der Waals surface area contributed by atoms with Crippen LogP contribution < -0.4 is 10.2 Å². The molecule has 0 bridgehead atoms. The van der Waals surface area contributed by atoms with Crippen molar-refractivity contribution in [1.82, 2.24) is 15.5 Å². The third kappa shape index (κ3) is 3.56. The van der Waals surface area contributed by atoms with Crippen molar-refractivity contribution in [2.75, 3.05) is 18.0 Å². The van der Waals surface area contributed by atoms with Crippen molar-refractivity contribution in [3.63, 3.8) is 0 Å². The van der Waals surface area contributed by atoms with Crippen LogP contribution in [0.4, 0.5) is 5.82 Å². The fraction of sp³-hybridized carbons (Fsp3) is 0.429. The highest BCUT2D eigenvalue weighted by molar-refractivity contribution is 5.99. The predicted molar refractivity (Wildman–Crippen MR) is 107 cm³/mol. The first-order valence-corrected chi connectivity index (χ1v) is 9.55. The molecule has 1 aromatic rings. The first kappa shape index (κ1) is 17.6. The summed E-state index contributed by atoms with van der Waals surface area (Å²) in [5.41, 5.74) is 3.74. The van der Waals surface area contributed by atoms with E-state index in [2.05, 4.69) is 51.4 Å². The van der Waals surface area contributed by atoms with E-state index in [9.17, 15) is 4.79 Å². The third-order valence-corrected chi connectivity index (χ3v) is 5.34. The molecule has 0 spiro atoms. The van der Waals surface area contributed by atoms with Crippen molar-refractivity contribution in [1.29, 1.82) is 0 Å². The van der Waals surface area contributed by atoms with E-state index < -0.39 is 0 Å². The van der Waals surface area contributed by atoms with Crippen LogP contribution in [0.3, 0.4) is 0 Å². The van der Waals surface area contributed by atoms with Gasteiger partial charge in [-0.3, -0.25) is 9.79 Å². The number of aryl methyl sites for hydroxylation is 1. The minimum atomic E-state index is -0.0864. The molecule has 0 radical (unpaired) electrons. The number of rotatable bonds is 4. The Bertz CT molecular complexity index is 863. The monoisotopic (exact) mass is 363 g/mol. The van der Waals surface area contributed by atoms with Crippen molar-refractivity contribution in [2.24, 2.45) is 16.8 Å². The van der Waals surface area contributed by atoms with Crippen LogP contribution >= 0.6 is 0 Å². The highest BCUT2D eigenvalue weighted by atomic mass is 16.2. The molecule has 1 amide bonds.